The van der Waals surface area contributed by atoms with Gasteiger partial charge in [0.1, 0.15) is 0 Å². The number of hydrogen-bond donors (Lipinski definition) is 0. The molecule has 0 unspecified atom stereocenters. The van der Waals surface area contributed by atoms with E-state index in [1.807, 2.05) is 0 Å². The number of benzene rings is 1. The monoisotopic (exact) mass is 285 g/mol. The fourth-order valence-corrected chi connectivity index (χ4v) is 4.18. The van der Waals surface area contributed by atoms with Gasteiger partial charge < -0.3 is 4.84 Å². The zero-order valence-corrected chi connectivity index (χ0v) is 11.4. The Morgan fingerprint density at radius 1 is 1.00 bits per heavy atom. The van der Waals surface area contributed by atoms with Crippen LogP contribution in [0.25, 0.3) is 0 Å². The van der Waals surface area contributed by atoms with Crippen LogP contribution in [0.15, 0.2) is 30.3 Å². The number of fused-ring (bicyclic) bond motifs is 5. The minimum atomic E-state index is -0.662. The highest BCUT2D eigenvalue weighted by Crippen LogP contribution is 2.56. The maximum Gasteiger partial charge on any atom is 0.363 e. The minimum Gasteiger partial charge on any atom is -0.325 e. The van der Waals surface area contributed by atoms with Crippen LogP contribution in [0.1, 0.15) is 29.6 Å². The second kappa shape index (κ2) is 4.41. The fourth-order valence-electron chi connectivity index (χ4n) is 4.18. The molecular formula is C16H15NO4. The molecule has 3 aliphatic rings. The third-order valence-corrected chi connectivity index (χ3v) is 5.07. The van der Waals surface area contributed by atoms with Crippen LogP contribution < -0.4 is 0 Å². The molecule has 2 saturated carbocycles. The van der Waals surface area contributed by atoms with Crippen molar-refractivity contribution in [3.8, 4) is 0 Å². The van der Waals surface area contributed by atoms with Gasteiger partial charge in [-0.3, -0.25) is 9.59 Å². The third kappa shape index (κ3) is 1.73. The summed E-state index contributed by atoms with van der Waals surface area (Å²) in [5.74, 6) is -1.28. The Morgan fingerprint density at radius 3 is 2.14 bits per heavy atom. The number of imide groups is 1. The molecule has 108 valence electrons. The lowest BCUT2D eigenvalue weighted by Crippen LogP contribution is -2.35. The van der Waals surface area contributed by atoms with Gasteiger partial charge in [-0.05, 0) is 43.2 Å². The normalized spacial score (nSPS) is 33.4. The summed E-state index contributed by atoms with van der Waals surface area (Å²) in [4.78, 5) is 41.9. The summed E-state index contributed by atoms with van der Waals surface area (Å²) >= 11 is 0. The van der Waals surface area contributed by atoms with Gasteiger partial charge in [0.2, 0.25) is 0 Å². The van der Waals surface area contributed by atoms with Crippen molar-refractivity contribution in [3.63, 3.8) is 0 Å². The number of amides is 2. The van der Waals surface area contributed by atoms with Crippen LogP contribution in [0.2, 0.25) is 0 Å². The van der Waals surface area contributed by atoms with Crippen molar-refractivity contribution in [2.24, 2.45) is 23.7 Å². The average molecular weight is 285 g/mol. The van der Waals surface area contributed by atoms with Gasteiger partial charge in [-0.1, -0.05) is 18.2 Å². The molecule has 4 atom stereocenters. The first-order valence-electron chi connectivity index (χ1n) is 7.32. The molecule has 0 spiro atoms. The number of rotatable bonds is 2. The van der Waals surface area contributed by atoms with Crippen molar-refractivity contribution in [2.75, 3.05) is 0 Å². The van der Waals surface area contributed by atoms with E-state index < -0.39 is 5.97 Å². The van der Waals surface area contributed by atoms with Crippen LogP contribution in [0.4, 0.5) is 0 Å². The summed E-state index contributed by atoms with van der Waals surface area (Å²) in [5.41, 5.74) is 0.332. The first-order chi connectivity index (χ1) is 10.2. The highest BCUT2D eigenvalue weighted by Gasteiger charge is 2.62. The van der Waals surface area contributed by atoms with Gasteiger partial charge in [-0.25, -0.2) is 4.79 Å². The number of carbonyl (C=O) groups is 3. The Kier molecular flexibility index (Phi) is 2.64. The number of hydroxylamine groups is 2. The Bertz CT molecular complexity index is 598. The zero-order valence-electron chi connectivity index (χ0n) is 11.4. The van der Waals surface area contributed by atoms with E-state index >= 15 is 0 Å². The van der Waals surface area contributed by atoms with Gasteiger partial charge in [0.15, 0.2) is 0 Å². The predicted molar refractivity (Wildman–Crippen MR) is 71.5 cm³/mol. The smallest absolute Gasteiger partial charge is 0.325 e. The lowest BCUT2D eigenvalue weighted by atomic mass is 9.81. The Balaban J connectivity index is 1.56. The molecule has 21 heavy (non-hydrogen) atoms. The number of carbonyl (C=O) groups excluding carboxylic acids is 3. The molecule has 1 aromatic rings. The van der Waals surface area contributed by atoms with E-state index in [1.165, 1.54) is 0 Å². The molecule has 2 bridgehead atoms. The van der Waals surface area contributed by atoms with Crippen LogP contribution in [0, 0.1) is 23.7 Å². The molecule has 0 radical (unpaired) electrons. The van der Waals surface area contributed by atoms with Gasteiger partial charge in [0, 0.05) is 0 Å². The van der Waals surface area contributed by atoms with Crippen molar-refractivity contribution < 1.29 is 19.2 Å². The standard InChI is InChI=1S/C16H15NO4/c18-14-12-10-6-7-11(8-10)13(12)15(19)17(14)21-16(20)9-4-2-1-3-5-9/h1-5,10-13H,6-8H2/t10-,11+,12-,13+. The van der Waals surface area contributed by atoms with E-state index in [9.17, 15) is 14.4 Å². The zero-order chi connectivity index (χ0) is 14.6. The third-order valence-electron chi connectivity index (χ3n) is 5.07. The first kappa shape index (κ1) is 12.6. The lowest BCUT2D eigenvalue weighted by Gasteiger charge is -2.18. The van der Waals surface area contributed by atoms with Crippen LogP contribution >= 0.6 is 0 Å². The SMILES string of the molecule is O=C(ON1C(=O)[C@@H]2[C@@H]3CC[C@@H](C3)[C@@H]2C1=O)c1ccccc1. The second-order valence-electron chi connectivity index (χ2n) is 6.10. The van der Waals surface area contributed by atoms with Crippen LogP contribution in [-0.4, -0.2) is 22.8 Å². The fraction of sp³-hybridized carbons (Fsp3) is 0.438. The number of nitrogens with zero attached hydrogens (tertiary/aromatic N) is 1. The van der Waals surface area contributed by atoms with E-state index in [0.29, 0.717) is 5.56 Å². The van der Waals surface area contributed by atoms with Crippen molar-refractivity contribution in [1.29, 1.82) is 0 Å². The molecule has 1 saturated heterocycles. The first-order valence-corrected chi connectivity index (χ1v) is 7.32. The van der Waals surface area contributed by atoms with Gasteiger partial charge in [0.25, 0.3) is 11.8 Å². The van der Waals surface area contributed by atoms with Crippen molar-refractivity contribution in [3.05, 3.63) is 35.9 Å². The molecule has 5 heteroatoms. The topological polar surface area (TPSA) is 63.7 Å². The summed E-state index contributed by atoms with van der Waals surface area (Å²) in [7, 11) is 0. The predicted octanol–water partition coefficient (Wildman–Crippen LogP) is 1.79. The molecule has 2 aliphatic carbocycles. The van der Waals surface area contributed by atoms with E-state index in [2.05, 4.69) is 0 Å². The molecule has 1 aliphatic heterocycles. The lowest BCUT2D eigenvalue weighted by molar-refractivity contribution is -0.175. The molecule has 0 N–H and O–H groups in total. The summed E-state index contributed by atoms with van der Waals surface area (Å²) < 4.78 is 0. The highest BCUT2D eigenvalue weighted by molar-refractivity contribution is 6.06. The number of hydrogen-bond acceptors (Lipinski definition) is 4. The Labute approximate surface area is 121 Å². The van der Waals surface area contributed by atoms with Gasteiger partial charge >= 0.3 is 5.97 Å². The molecule has 4 rings (SSSR count). The van der Waals surface area contributed by atoms with Crippen LogP contribution in [0.5, 0.6) is 0 Å². The average Bonchev–Trinajstić information content (AvgIpc) is 3.18. The molecule has 1 aromatic carbocycles. The van der Waals surface area contributed by atoms with Crippen LogP contribution in [0.3, 0.4) is 0 Å². The van der Waals surface area contributed by atoms with Crippen LogP contribution in [-0.2, 0) is 14.4 Å². The van der Waals surface area contributed by atoms with Crippen molar-refractivity contribution >= 4 is 17.8 Å². The molecule has 1 heterocycles. The van der Waals surface area contributed by atoms with E-state index in [4.69, 9.17) is 4.84 Å². The van der Waals surface area contributed by atoms with Crippen molar-refractivity contribution in [1.82, 2.24) is 5.06 Å². The van der Waals surface area contributed by atoms with E-state index in [1.54, 1.807) is 30.3 Å². The molecular weight excluding hydrogens is 270 g/mol. The van der Waals surface area contributed by atoms with E-state index in [-0.39, 0.29) is 35.5 Å². The Hall–Kier alpha value is -2.17. The highest BCUT2D eigenvalue weighted by atomic mass is 16.7. The van der Waals surface area contributed by atoms with E-state index in [0.717, 1.165) is 24.3 Å². The van der Waals surface area contributed by atoms with Gasteiger partial charge in [-0.2, -0.15) is 0 Å². The minimum absolute atomic E-state index is 0.264. The molecule has 5 nitrogen and oxygen atoms in total. The van der Waals surface area contributed by atoms with Gasteiger partial charge in [-0.15, -0.1) is 5.06 Å². The second-order valence-corrected chi connectivity index (χ2v) is 6.10. The molecule has 2 amide bonds. The Morgan fingerprint density at radius 2 is 1.57 bits per heavy atom. The van der Waals surface area contributed by atoms with Gasteiger partial charge in [0.05, 0.1) is 17.4 Å². The van der Waals surface area contributed by atoms with Crippen molar-refractivity contribution in [2.45, 2.75) is 19.3 Å². The summed E-state index contributed by atoms with van der Waals surface area (Å²) in [6, 6.07) is 8.39. The maximum atomic E-state index is 12.4. The summed E-state index contributed by atoms with van der Waals surface area (Å²) in [6.45, 7) is 0. The molecule has 0 aromatic heterocycles. The summed E-state index contributed by atoms with van der Waals surface area (Å²) in [6.07, 6.45) is 2.98. The molecule has 3 fully saturated rings. The maximum absolute atomic E-state index is 12.4. The largest absolute Gasteiger partial charge is 0.363 e. The summed E-state index contributed by atoms with van der Waals surface area (Å²) in [5, 5.41) is 0.717. The quantitative estimate of drug-likeness (QED) is 0.777.